The summed E-state index contributed by atoms with van der Waals surface area (Å²) in [6.45, 7) is 0.611. The highest BCUT2D eigenvalue weighted by atomic mass is 79.9. The highest BCUT2D eigenvalue weighted by molar-refractivity contribution is 9.11. The number of benzene rings is 1. The summed E-state index contributed by atoms with van der Waals surface area (Å²) in [5.41, 5.74) is 6.51. The van der Waals surface area contributed by atoms with Crippen molar-refractivity contribution >= 4 is 43.5 Å². The smallest absolute Gasteiger partial charge is 0.241 e. The second kappa shape index (κ2) is 7.89. The standard InChI is InChI=1S/C12H16Br2N2O2/c1-18-7-3-6-10(15)12(17)16-11-8(13)4-2-5-9(11)14/h2,4-5,10H,3,6-7,15H2,1H3,(H,16,17). The number of rotatable bonds is 6. The van der Waals surface area contributed by atoms with Gasteiger partial charge in [-0.05, 0) is 56.8 Å². The summed E-state index contributed by atoms with van der Waals surface area (Å²) >= 11 is 6.77. The van der Waals surface area contributed by atoms with Gasteiger partial charge in [-0.2, -0.15) is 0 Å². The first-order valence-electron chi connectivity index (χ1n) is 5.55. The molecule has 4 nitrogen and oxygen atoms in total. The van der Waals surface area contributed by atoms with Gasteiger partial charge >= 0.3 is 0 Å². The summed E-state index contributed by atoms with van der Waals surface area (Å²) < 4.78 is 6.55. The summed E-state index contributed by atoms with van der Waals surface area (Å²) in [4.78, 5) is 11.9. The number of nitrogens with two attached hydrogens (primary N) is 1. The van der Waals surface area contributed by atoms with Crippen molar-refractivity contribution in [1.29, 1.82) is 0 Å². The molecule has 0 bridgehead atoms. The molecule has 1 unspecified atom stereocenters. The average Bonchev–Trinajstić information content (AvgIpc) is 2.34. The topological polar surface area (TPSA) is 64.3 Å². The molecular weight excluding hydrogens is 364 g/mol. The average molecular weight is 380 g/mol. The molecule has 0 saturated carbocycles. The van der Waals surface area contributed by atoms with E-state index in [1.807, 2.05) is 18.2 Å². The minimum atomic E-state index is -0.529. The Bertz CT molecular complexity index is 393. The van der Waals surface area contributed by atoms with Crippen LogP contribution >= 0.6 is 31.9 Å². The largest absolute Gasteiger partial charge is 0.385 e. The van der Waals surface area contributed by atoms with Gasteiger partial charge in [-0.3, -0.25) is 4.79 Å². The number of carbonyl (C=O) groups excluding carboxylic acids is 1. The van der Waals surface area contributed by atoms with E-state index in [0.717, 1.165) is 15.4 Å². The van der Waals surface area contributed by atoms with Crippen molar-refractivity contribution in [3.8, 4) is 0 Å². The van der Waals surface area contributed by atoms with E-state index in [9.17, 15) is 4.79 Å². The number of amides is 1. The number of nitrogens with one attached hydrogen (secondary N) is 1. The summed E-state index contributed by atoms with van der Waals surface area (Å²) in [7, 11) is 1.63. The first-order valence-corrected chi connectivity index (χ1v) is 7.14. The van der Waals surface area contributed by atoms with Crippen molar-refractivity contribution in [2.24, 2.45) is 5.73 Å². The van der Waals surface area contributed by atoms with Crippen LogP contribution < -0.4 is 11.1 Å². The van der Waals surface area contributed by atoms with Crippen LogP contribution in [0.4, 0.5) is 5.69 Å². The van der Waals surface area contributed by atoms with Crippen LogP contribution in [0.5, 0.6) is 0 Å². The van der Waals surface area contributed by atoms with Gasteiger partial charge in [0.05, 0.1) is 11.7 Å². The fourth-order valence-electron chi connectivity index (χ4n) is 1.41. The molecule has 0 aliphatic heterocycles. The lowest BCUT2D eigenvalue weighted by molar-refractivity contribution is -0.117. The highest BCUT2D eigenvalue weighted by Gasteiger charge is 2.15. The van der Waals surface area contributed by atoms with Crippen LogP contribution in [0, 0.1) is 0 Å². The fourth-order valence-corrected chi connectivity index (χ4v) is 2.61. The number of anilines is 1. The van der Waals surface area contributed by atoms with E-state index in [-0.39, 0.29) is 5.91 Å². The summed E-state index contributed by atoms with van der Waals surface area (Å²) in [6.07, 6.45) is 1.37. The molecular formula is C12H16Br2N2O2. The first kappa shape index (κ1) is 15.6. The Morgan fingerprint density at radius 2 is 2.06 bits per heavy atom. The Labute approximate surface area is 124 Å². The monoisotopic (exact) mass is 378 g/mol. The number of methoxy groups -OCH3 is 1. The molecule has 1 atom stereocenters. The molecule has 0 radical (unpaired) electrons. The van der Waals surface area contributed by atoms with Crippen molar-refractivity contribution in [3.63, 3.8) is 0 Å². The van der Waals surface area contributed by atoms with Gasteiger partial charge < -0.3 is 15.8 Å². The zero-order chi connectivity index (χ0) is 13.5. The molecule has 0 aromatic heterocycles. The molecule has 1 aromatic carbocycles. The Hall–Kier alpha value is -0.430. The van der Waals surface area contributed by atoms with E-state index in [2.05, 4.69) is 37.2 Å². The molecule has 1 aromatic rings. The molecule has 0 spiro atoms. The zero-order valence-electron chi connectivity index (χ0n) is 10.1. The molecule has 3 N–H and O–H groups in total. The second-order valence-electron chi connectivity index (χ2n) is 3.83. The molecule has 1 rings (SSSR count). The van der Waals surface area contributed by atoms with Crippen molar-refractivity contribution in [2.45, 2.75) is 18.9 Å². The predicted molar refractivity (Wildman–Crippen MR) is 79.6 cm³/mol. The number of hydrogen-bond acceptors (Lipinski definition) is 3. The van der Waals surface area contributed by atoms with Crippen LogP contribution in [0.25, 0.3) is 0 Å². The van der Waals surface area contributed by atoms with Crippen LogP contribution in [0.1, 0.15) is 12.8 Å². The summed E-state index contributed by atoms with van der Waals surface area (Å²) in [5.74, 6) is -0.196. The maximum Gasteiger partial charge on any atom is 0.241 e. The van der Waals surface area contributed by atoms with Gasteiger partial charge in [0.15, 0.2) is 0 Å². The van der Waals surface area contributed by atoms with E-state index in [1.54, 1.807) is 7.11 Å². The maximum atomic E-state index is 11.9. The third-order valence-corrected chi connectivity index (χ3v) is 3.73. The normalized spacial score (nSPS) is 12.2. The number of halogens is 2. The zero-order valence-corrected chi connectivity index (χ0v) is 13.3. The number of carbonyl (C=O) groups is 1. The predicted octanol–water partition coefficient (Wildman–Crippen LogP) is 2.90. The molecule has 100 valence electrons. The van der Waals surface area contributed by atoms with E-state index in [1.165, 1.54) is 0 Å². The lowest BCUT2D eigenvalue weighted by Gasteiger charge is -2.14. The number of hydrogen-bond donors (Lipinski definition) is 2. The van der Waals surface area contributed by atoms with Crippen molar-refractivity contribution in [1.82, 2.24) is 0 Å². The fraction of sp³-hybridized carbons (Fsp3) is 0.417. The van der Waals surface area contributed by atoms with Gasteiger partial charge in [0, 0.05) is 22.7 Å². The van der Waals surface area contributed by atoms with Crippen LogP contribution in [-0.2, 0) is 9.53 Å². The molecule has 18 heavy (non-hydrogen) atoms. The van der Waals surface area contributed by atoms with Gasteiger partial charge in [0.2, 0.25) is 5.91 Å². The Morgan fingerprint density at radius 3 is 2.61 bits per heavy atom. The molecule has 0 heterocycles. The van der Waals surface area contributed by atoms with Crippen LogP contribution in [0.15, 0.2) is 27.1 Å². The first-order chi connectivity index (χ1) is 8.56. The third kappa shape index (κ3) is 4.68. The van der Waals surface area contributed by atoms with Crippen molar-refractivity contribution in [2.75, 3.05) is 19.0 Å². The van der Waals surface area contributed by atoms with Crippen molar-refractivity contribution < 1.29 is 9.53 Å². The highest BCUT2D eigenvalue weighted by Crippen LogP contribution is 2.30. The number of ether oxygens (including phenoxy) is 1. The van der Waals surface area contributed by atoms with E-state index < -0.39 is 6.04 Å². The van der Waals surface area contributed by atoms with Gasteiger partial charge in [0.1, 0.15) is 0 Å². The molecule has 0 aliphatic carbocycles. The SMILES string of the molecule is COCCCC(N)C(=O)Nc1c(Br)cccc1Br. The Morgan fingerprint density at radius 1 is 1.44 bits per heavy atom. The van der Waals surface area contributed by atoms with E-state index >= 15 is 0 Å². The minimum absolute atomic E-state index is 0.196. The lowest BCUT2D eigenvalue weighted by Crippen LogP contribution is -2.35. The summed E-state index contributed by atoms with van der Waals surface area (Å²) in [6, 6.07) is 5.06. The number of para-hydroxylation sites is 1. The van der Waals surface area contributed by atoms with Crippen LogP contribution in [0.3, 0.4) is 0 Å². The van der Waals surface area contributed by atoms with Gasteiger partial charge in [-0.15, -0.1) is 0 Å². The second-order valence-corrected chi connectivity index (χ2v) is 5.54. The van der Waals surface area contributed by atoms with Gasteiger partial charge in [0.25, 0.3) is 0 Å². The maximum absolute atomic E-state index is 11.9. The quantitative estimate of drug-likeness (QED) is 0.747. The Balaban J connectivity index is 2.58. The molecule has 1 amide bonds. The summed E-state index contributed by atoms with van der Waals surface area (Å²) in [5, 5.41) is 2.81. The molecule has 6 heteroatoms. The third-order valence-electron chi connectivity index (χ3n) is 2.41. The minimum Gasteiger partial charge on any atom is -0.385 e. The lowest BCUT2D eigenvalue weighted by atomic mass is 10.1. The molecule has 0 fully saturated rings. The van der Waals surface area contributed by atoms with Gasteiger partial charge in [-0.25, -0.2) is 0 Å². The van der Waals surface area contributed by atoms with Crippen LogP contribution in [-0.4, -0.2) is 25.7 Å². The van der Waals surface area contributed by atoms with Crippen LogP contribution in [0.2, 0.25) is 0 Å². The Kier molecular flexibility index (Phi) is 6.85. The van der Waals surface area contributed by atoms with E-state index in [0.29, 0.717) is 18.7 Å². The van der Waals surface area contributed by atoms with Gasteiger partial charge in [-0.1, -0.05) is 6.07 Å². The van der Waals surface area contributed by atoms with Crippen molar-refractivity contribution in [3.05, 3.63) is 27.1 Å². The van der Waals surface area contributed by atoms with E-state index in [4.69, 9.17) is 10.5 Å². The molecule has 0 saturated heterocycles. The molecule has 0 aliphatic rings.